The zero-order valence-corrected chi connectivity index (χ0v) is 13.8. The lowest BCUT2D eigenvalue weighted by Crippen LogP contribution is -2.36. The van der Waals surface area contributed by atoms with Crippen LogP contribution in [0.15, 0.2) is 48.5 Å². The molecule has 0 saturated heterocycles. The van der Waals surface area contributed by atoms with Gasteiger partial charge >= 0.3 is 0 Å². The van der Waals surface area contributed by atoms with Crippen LogP contribution in [0.5, 0.6) is 0 Å². The van der Waals surface area contributed by atoms with Gasteiger partial charge in [0.15, 0.2) is 5.78 Å². The number of ketones is 1. The van der Waals surface area contributed by atoms with Crippen molar-refractivity contribution in [2.45, 2.75) is 13.0 Å². The number of methoxy groups -OCH3 is 1. The lowest BCUT2D eigenvalue weighted by molar-refractivity contribution is 0.0898. The van der Waals surface area contributed by atoms with Crippen LogP contribution in [-0.2, 0) is 4.74 Å². The molecule has 0 aromatic heterocycles. The van der Waals surface area contributed by atoms with Gasteiger partial charge in [0.1, 0.15) is 0 Å². The molecular weight excluding hydrogens is 314 g/mol. The monoisotopic (exact) mass is 331 g/mol. The predicted molar refractivity (Wildman–Crippen MR) is 90.1 cm³/mol. The van der Waals surface area contributed by atoms with E-state index in [1.165, 1.54) is 0 Å². The van der Waals surface area contributed by atoms with Gasteiger partial charge in [-0.2, -0.15) is 0 Å². The number of carbonyl (C=O) groups excluding carboxylic acids is 2. The molecule has 0 aliphatic rings. The Labute approximate surface area is 140 Å². The molecule has 0 aliphatic carbocycles. The second-order valence-electron chi connectivity index (χ2n) is 5.21. The quantitative estimate of drug-likeness (QED) is 0.826. The lowest BCUT2D eigenvalue weighted by atomic mass is 9.98. The smallest absolute Gasteiger partial charge is 0.252 e. The van der Waals surface area contributed by atoms with Crippen molar-refractivity contribution >= 4 is 23.3 Å². The van der Waals surface area contributed by atoms with E-state index < -0.39 is 0 Å². The molecule has 2 aromatic rings. The number of hydrogen-bond acceptors (Lipinski definition) is 3. The first-order chi connectivity index (χ1) is 11.0. The zero-order chi connectivity index (χ0) is 16.8. The molecular formula is C18H18ClNO3. The maximum Gasteiger partial charge on any atom is 0.252 e. The Morgan fingerprint density at radius 2 is 1.70 bits per heavy atom. The Kier molecular flexibility index (Phi) is 5.90. The third-order valence-corrected chi connectivity index (χ3v) is 3.57. The summed E-state index contributed by atoms with van der Waals surface area (Å²) in [6, 6.07) is 13.2. The van der Waals surface area contributed by atoms with Crippen molar-refractivity contribution in [3.05, 3.63) is 70.2 Å². The third-order valence-electron chi connectivity index (χ3n) is 3.32. The van der Waals surface area contributed by atoms with Gasteiger partial charge in [-0.25, -0.2) is 0 Å². The number of ether oxygens (including phenoxy) is 1. The van der Waals surface area contributed by atoms with Gasteiger partial charge in [-0.3, -0.25) is 9.59 Å². The summed E-state index contributed by atoms with van der Waals surface area (Å²) in [4.78, 5) is 25.0. The molecule has 0 saturated carbocycles. The zero-order valence-electron chi connectivity index (χ0n) is 13.0. The minimum Gasteiger partial charge on any atom is -0.383 e. The Morgan fingerprint density at radius 3 is 2.30 bits per heavy atom. The Hall–Kier alpha value is -2.17. The maximum absolute atomic E-state index is 12.6. The van der Waals surface area contributed by atoms with Gasteiger partial charge in [0.05, 0.1) is 12.2 Å². The first-order valence-electron chi connectivity index (χ1n) is 7.22. The molecule has 4 nitrogen and oxygen atoms in total. The molecule has 1 N–H and O–H groups in total. The second kappa shape index (κ2) is 7.90. The van der Waals surface area contributed by atoms with Gasteiger partial charge in [0.25, 0.3) is 5.91 Å². The summed E-state index contributed by atoms with van der Waals surface area (Å²) in [6.07, 6.45) is 0. The van der Waals surface area contributed by atoms with Crippen molar-refractivity contribution < 1.29 is 14.3 Å². The van der Waals surface area contributed by atoms with Crippen LogP contribution >= 0.6 is 11.6 Å². The van der Waals surface area contributed by atoms with E-state index >= 15 is 0 Å². The summed E-state index contributed by atoms with van der Waals surface area (Å²) in [5.74, 6) is -0.515. The molecule has 0 spiro atoms. The van der Waals surface area contributed by atoms with Crippen molar-refractivity contribution in [2.24, 2.45) is 0 Å². The fraction of sp³-hybridized carbons (Fsp3) is 0.222. The third kappa shape index (κ3) is 4.41. The van der Waals surface area contributed by atoms with E-state index in [9.17, 15) is 9.59 Å². The molecule has 23 heavy (non-hydrogen) atoms. The summed E-state index contributed by atoms with van der Waals surface area (Å²) < 4.78 is 5.00. The SMILES string of the molecule is COCC(C)NC(=O)c1ccccc1C(=O)c1ccc(Cl)cc1. The van der Waals surface area contributed by atoms with E-state index in [4.69, 9.17) is 16.3 Å². The normalized spacial score (nSPS) is 11.8. The molecule has 0 heterocycles. The molecule has 5 heteroatoms. The Balaban J connectivity index is 2.28. The van der Waals surface area contributed by atoms with Crippen LogP contribution in [0.3, 0.4) is 0 Å². The van der Waals surface area contributed by atoms with Gasteiger partial charge in [-0.15, -0.1) is 0 Å². The van der Waals surface area contributed by atoms with E-state index in [0.717, 1.165) is 0 Å². The van der Waals surface area contributed by atoms with Gasteiger partial charge in [0.2, 0.25) is 0 Å². The van der Waals surface area contributed by atoms with Crippen LogP contribution in [0.1, 0.15) is 33.2 Å². The van der Waals surface area contributed by atoms with Crippen LogP contribution in [0.25, 0.3) is 0 Å². The average Bonchev–Trinajstić information content (AvgIpc) is 2.55. The first kappa shape index (κ1) is 17.2. The highest BCUT2D eigenvalue weighted by Gasteiger charge is 2.19. The van der Waals surface area contributed by atoms with Crippen LogP contribution in [0, 0.1) is 0 Å². The molecule has 0 radical (unpaired) electrons. The number of amides is 1. The average molecular weight is 332 g/mol. The van der Waals surface area contributed by atoms with Crippen LogP contribution < -0.4 is 5.32 Å². The Bertz CT molecular complexity index is 698. The topological polar surface area (TPSA) is 55.4 Å². The number of hydrogen-bond donors (Lipinski definition) is 1. The maximum atomic E-state index is 12.6. The van der Waals surface area contributed by atoms with E-state index in [0.29, 0.717) is 28.3 Å². The molecule has 0 fully saturated rings. The number of nitrogens with one attached hydrogen (secondary N) is 1. The minimum absolute atomic E-state index is 0.147. The first-order valence-corrected chi connectivity index (χ1v) is 7.60. The number of benzene rings is 2. The molecule has 2 rings (SSSR count). The summed E-state index contributed by atoms with van der Waals surface area (Å²) in [5.41, 5.74) is 1.19. The van der Waals surface area contributed by atoms with Gasteiger partial charge in [0, 0.05) is 29.3 Å². The summed E-state index contributed by atoms with van der Waals surface area (Å²) in [7, 11) is 1.57. The fourth-order valence-electron chi connectivity index (χ4n) is 2.23. The summed E-state index contributed by atoms with van der Waals surface area (Å²) in [6.45, 7) is 2.24. The fourth-order valence-corrected chi connectivity index (χ4v) is 2.36. The highest BCUT2D eigenvalue weighted by molar-refractivity contribution is 6.30. The number of halogens is 1. The largest absolute Gasteiger partial charge is 0.383 e. The summed E-state index contributed by atoms with van der Waals surface area (Å²) in [5, 5.41) is 3.37. The number of rotatable bonds is 6. The molecule has 120 valence electrons. The van der Waals surface area contributed by atoms with Crippen LogP contribution in [-0.4, -0.2) is 31.4 Å². The molecule has 1 unspecified atom stereocenters. The minimum atomic E-state index is -0.299. The van der Waals surface area contributed by atoms with Crippen LogP contribution in [0.4, 0.5) is 0 Å². The highest BCUT2D eigenvalue weighted by Crippen LogP contribution is 2.17. The number of carbonyl (C=O) groups is 2. The van der Waals surface area contributed by atoms with Crippen molar-refractivity contribution in [2.75, 3.05) is 13.7 Å². The van der Waals surface area contributed by atoms with E-state index in [1.807, 2.05) is 6.92 Å². The van der Waals surface area contributed by atoms with Crippen molar-refractivity contribution in [1.82, 2.24) is 5.32 Å². The van der Waals surface area contributed by atoms with Gasteiger partial charge in [-0.05, 0) is 37.3 Å². The van der Waals surface area contributed by atoms with Crippen molar-refractivity contribution in [3.63, 3.8) is 0 Å². The molecule has 0 bridgehead atoms. The van der Waals surface area contributed by atoms with E-state index in [2.05, 4.69) is 5.32 Å². The van der Waals surface area contributed by atoms with Crippen molar-refractivity contribution in [3.8, 4) is 0 Å². The van der Waals surface area contributed by atoms with Gasteiger partial charge < -0.3 is 10.1 Å². The highest BCUT2D eigenvalue weighted by atomic mass is 35.5. The molecule has 2 aromatic carbocycles. The summed E-state index contributed by atoms with van der Waals surface area (Å²) >= 11 is 5.84. The van der Waals surface area contributed by atoms with Crippen molar-refractivity contribution in [1.29, 1.82) is 0 Å². The Morgan fingerprint density at radius 1 is 1.09 bits per heavy atom. The van der Waals surface area contributed by atoms with Crippen LogP contribution in [0.2, 0.25) is 5.02 Å². The van der Waals surface area contributed by atoms with E-state index in [1.54, 1.807) is 55.6 Å². The lowest BCUT2D eigenvalue weighted by Gasteiger charge is -2.14. The second-order valence-corrected chi connectivity index (χ2v) is 5.65. The standard InChI is InChI=1S/C18H18ClNO3/c1-12(11-23-2)20-18(22)16-6-4-3-5-15(16)17(21)13-7-9-14(19)10-8-13/h3-10,12H,11H2,1-2H3,(H,20,22). The molecule has 0 aliphatic heterocycles. The van der Waals surface area contributed by atoms with E-state index in [-0.39, 0.29) is 17.7 Å². The molecule has 1 atom stereocenters. The predicted octanol–water partition coefficient (Wildman–Crippen LogP) is 3.34. The van der Waals surface area contributed by atoms with Gasteiger partial charge in [-0.1, -0.05) is 29.8 Å². The molecule has 1 amide bonds.